The van der Waals surface area contributed by atoms with E-state index >= 15 is 0 Å². The maximum Gasteiger partial charge on any atom is 0.323 e. The summed E-state index contributed by atoms with van der Waals surface area (Å²) < 4.78 is 0. The monoisotopic (exact) mass is 243 g/mol. The van der Waals surface area contributed by atoms with Crippen LogP contribution in [0.4, 0.5) is 5.69 Å². The molecule has 3 rings (SSSR count). The molecule has 0 spiro atoms. The van der Waals surface area contributed by atoms with Crippen molar-refractivity contribution >= 4 is 5.69 Å². The molecule has 0 saturated carbocycles. The number of fused-ring (bicyclic) bond motifs is 1. The molecule has 0 saturated heterocycles. The quantitative estimate of drug-likeness (QED) is 0.812. The number of rotatable bonds is 3. The van der Waals surface area contributed by atoms with Crippen LogP contribution in [-0.4, -0.2) is 9.97 Å². The van der Waals surface area contributed by atoms with Gasteiger partial charge in [0.2, 0.25) is 0 Å². The Morgan fingerprint density at radius 3 is 3.00 bits per heavy atom. The Hall–Kier alpha value is -2.17. The van der Waals surface area contributed by atoms with Gasteiger partial charge in [0.05, 0.1) is 0 Å². The van der Waals surface area contributed by atoms with E-state index in [1.165, 1.54) is 11.1 Å². The third-order valence-corrected chi connectivity index (χ3v) is 3.55. The Balaban J connectivity index is 1.86. The Bertz CT molecular complexity index is 642. The molecule has 5 nitrogen and oxygen atoms in total. The topological polar surface area (TPSA) is 78.1 Å². The first-order chi connectivity index (χ1) is 8.76. The van der Waals surface area contributed by atoms with Gasteiger partial charge >= 0.3 is 5.69 Å². The highest BCUT2D eigenvalue weighted by molar-refractivity contribution is 5.47. The van der Waals surface area contributed by atoms with E-state index in [-0.39, 0.29) is 5.69 Å². The molecule has 1 aromatic heterocycles. The van der Waals surface area contributed by atoms with Gasteiger partial charge in [0.1, 0.15) is 5.69 Å². The number of hydrogen-bond donors (Lipinski definition) is 2. The van der Waals surface area contributed by atoms with E-state index in [1.807, 2.05) is 12.1 Å². The van der Waals surface area contributed by atoms with Crippen LogP contribution in [0.5, 0.6) is 0 Å². The standard InChI is InChI=1S/C13H13N3O2/c17-13-14-7-11(15-13)6-9-2-1-8-5-10(16-18)3-4-12(8)9/h3-5,7,9H,1-2,6H2,(H2,14,15,17). The van der Waals surface area contributed by atoms with Gasteiger partial charge in [0, 0.05) is 11.9 Å². The molecule has 1 aliphatic carbocycles. The van der Waals surface area contributed by atoms with E-state index in [0.717, 1.165) is 25.0 Å². The Kier molecular flexibility index (Phi) is 2.59. The van der Waals surface area contributed by atoms with Crippen LogP contribution in [0.1, 0.15) is 29.2 Å². The third-order valence-electron chi connectivity index (χ3n) is 3.55. The lowest BCUT2D eigenvalue weighted by Crippen LogP contribution is -2.03. The normalized spacial score (nSPS) is 17.7. The summed E-state index contributed by atoms with van der Waals surface area (Å²) in [7, 11) is 0. The average Bonchev–Trinajstić information content (AvgIpc) is 2.96. The van der Waals surface area contributed by atoms with Gasteiger partial charge in [-0.05, 0) is 53.6 Å². The van der Waals surface area contributed by atoms with Crippen molar-refractivity contribution in [2.45, 2.75) is 25.2 Å². The second kappa shape index (κ2) is 4.25. The summed E-state index contributed by atoms with van der Waals surface area (Å²) in [5.74, 6) is 0.409. The fourth-order valence-electron chi connectivity index (χ4n) is 2.71. The molecule has 0 fully saturated rings. The molecule has 1 atom stereocenters. The summed E-state index contributed by atoms with van der Waals surface area (Å²) in [6.45, 7) is 0. The number of imidazole rings is 1. The Morgan fingerprint density at radius 1 is 1.39 bits per heavy atom. The molecule has 0 aliphatic heterocycles. The highest BCUT2D eigenvalue weighted by Crippen LogP contribution is 2.36. The minimum Gasteiger partial charge on any atom is -0.313 e. The summed E-state index contributed by atoms with van der Waals surface area (Å²) in [6.07, 6.45) is 4.56. The van der Waals surface area contributed by atoms with Crippen LogP contribution in [0, 0.1) is 4.91 Å². The number of hydrogen-bond acceptors (Lipinski definition) is 3. The van der Waals surface area contributed by atoms with Gasteiger partial charge in [0.15, 0.2) is 0 Å². The van der Waals surface area contributed by atoms with Crippen molar-refractivity contribution < 1.29 is 0 Å². The first-order valence-electron chi connectivity index (χ1n) is 5.99. The van der Waals surface area contributed by atoms with Crippen molar-refractivity contribution in [1.82, 2.24) is 9.97 Å². The summed E-state index contributed by atoms with van der Waals surface area (Å²) in [4.78, 5) is 26.9. The van der Waals surface area contributed by atoms with Crippen molar-refractivity contribution in [3.63, 3.8) is 0 Å². The third kappa shape index (κ3) is 1.88. The molecular weight excluding hydrogens is 230 g/mol. The minimum absolute atomic E-state index is 0.163. The molecule has 18 heavy (non-hydrogen) atoms. The highest BCUT2D eigenvalue weighted by atomic mass is 16.3. The van der Waals surface area contributed by atoms with Crippen LogP contribution in [0.25, 0.3) is 0 Å². The molecule has 0 bridgehead atoms. The molecule has 2 aromatic rings. The number of aromatic amines is 2. The Labute approximate surface area is 103 Å². The maximum absolute atomic E-state index is 11.0. The second-order valence-corrected chi connectivity index (χ2v) is 4.68. The van der Waals surface area contributed by atoms with E-state index in [2.05, 4.69) is 15.1 Å². The van der Waals surface area contributed by atoms with Gasteiger partial charge in [-0.2, -0.15) is 0 Å². The number of aromatic nitrogens is 2. The first-order valence-corrected chi connectivity index (χ1v) is 5.99. The number of nitrogens with zero attached hydrogens (tertiary/aromatic N) is 1. The van der Waals surface area contributed by atoms with Crippen LogP contribution < -0.4 is 5.69 Å². The lowest BCUT2D eigenvalue weighted by atomic mass is 9.96. The summed E-state index contributed by atoms with van der Waals surface area (Å²) >= 11 is 0. The van der Waals surface area contributed by atoms with E-state index in [1.54, 1.807) is 12.3 Å². The summed E-state index contributed by atoms with van der Waals surface area (Å²) in [5.41, 5.74) is 3.73. The van der Waals surface area contributed by atoms with Gasteiger partial charge in [0.25, 0.3) is 0 Å². The van der Waals surface area contributed by atoms with Crippen LogP contribution in [0.3, 0.4) is 0 Å². The zero-order valence-electron chi connectivity index (χ0n) is 9.77. The molecule has 0 radical (unpaired) electrons. The average molecular weight is 243 g/mol. The maximum atomic E-state index is 11.0. The molecule has 92 valence electrons. The predicted octanol–water partition coefficient (Wildman–Crippen LogP) is 2.37. The van der Waals surface area contributed by atoms with Crippen molar-refractivity contribution in [2.24, 2.45) is 5.18 Å². The molecular formula is C13H13N3O2. The van der Waals surface area contributed by atoms with Crippen LogP contribution in [0.15, 0.2) is 34.4 Å². The van der Waals surface area contributed by atoms with Crippen LogP contribution >= 0.6 is 0 Å². The predicted molar refractivity (Wildman–Crippen MR) is 68.1 cm³/mol. The summed E-state index contributed by atoms with van der Waals surface area (Å²) in [6, 6.07) is 5.60. The lowest BCUT2D eigenvalue weighted by Gasteiger charge is -2.09. The highest BCUT2D eigenvalue weighted by Gasteiger charge is 2.23. The van der Waals surface area contributed by atoms with Gasteiger partial charge in [-0.15, -0.1) is 4.91 Å². The number of aryl methyl sites for hydroxylation is 1. The van der Waals surface area contributed by atoms with Gasteiger partial charge in [-0.3, -0.25) is 0 Å². The lowest BCUT2D eigenvalue weighted by molar-refractivity contribution is 0.665. The van der Waals surface area contributed by atoms with Crippen LogP contribution in [0.2, 0.25) is 0 Å². The molecule has 0 amide bonds. The van der Waals surface area contributed by atoms with Gasteiger partial charge in [-0.25, -0.2) is 4.79 Å². The molecule has 1 unspecified atom stereocenters. The van der Waals surface area contributed by atoms with Crippen molar-refractivity contribution in [3.05, 3.63) is 56.6 Å². The molecule has 5 heteroatoms. The van der Waals surface area contributed by atoms with E-state index in [9.17, 15) is 9.70 Å². The second-order valence-electron chi connectivity index (χ2n) is 4.68. The minimum atomic E-state index is -0.163. The van der Waals surface area contributed by atoms with Crippen molar-refractivity contribution in [3.8, 4) is 0 Å². The SMILES string of the molecule is O=Nc1ccc2c(c1)CCC2Cc1c[nH]c(=O)[nH]1. The fourth-order valence-corrected chi connectivity index (χ4v) is 2.71. The van der Waals surface area contributed by atoms with Crippen molar-refractivity contribution in [2.75, 3.05) is 0 Å². The molecule has 1 aromatic carbocycles. The number of H-pyrrole nitrogens is 2. The Morgan fingerprint density at radius 2 is 2.28 bits per heavy atom. The molecule has 1 aliphatic rings. The van der Waals surface area contributed by atoms with E-state index < -0.39 is 0 Å². The van der Waals surface area contributed by atoms with Gasteiger partial charge < -0.3 is 9.97 Å². The van der Waals surface area contributed by atoms with Gasteiger partial charge in [-0.1, -0.05) is 6.07 Å². The molecule has 2 N–H and O–H groups in total. The smallest absolute Gasteiger partial charge is 0.313 e. The molecule has 1 heterocycles. The number of nitroso groups, excluding NO2 is 1. The van der Waals surface area contributed by atoms with Crippen molar-refractivity contribution in [1.29, 1.82) is 0 Å². The zero-order valence-corrected chi connectivity index (χ0v) is 9.77. The van der Waals surface area contributed by atoms with E-state index in [0.29, 0.717) is 11.6 Å². The fraction of sp³-hybridized carbons (Fsp3) is 0.308. The summed E-state index contributed by atoms with van der Waals surface area (Å²) in [5, 5.41) is 2.96. The zero-order chi connectivity index (χ0) is 12.5. The number of benzene rings is 1. The largest absolute Gasteiger partial charge is 0.323 e. The van der Waals surface area contributed by atoms with Crippen LogP contribution in [-0.2, 0) is 12.8 Å². The number of nitrogens with one attached hydrogen (secondary N) is 2. The first kappa shape index (κ1) is 11.0. The van der Waals surface area contributed by atoms with E-state index in [4.69, 9.17) is 0 Å².